The molecule has 5 nitrogen and oxygen atoms in total. The summed E-state index contributed by atoms with van der Waals surface area (Å²) in [6.45, 7) is 2.16. The first-order chi connectivity index (χ1) is 8.83. The Morgan fingerprint density at radius 1 is 1.47 bits per heavy atom. The van der Waals surface area contributed by atoms with Crippen LogP contribution in [0.3, 0.4) is 0 Å². The van der Waals surface area contributed by atoms with Gasteiger partial charge in [-0.1, -0.05) is 0 Å². The molecule has 19 heavy (non-hydrogen) atoms. The molecule has 0 radical (unpaired) electrons. The Hall–Kier alpha value is -1.18. The highest BCUT2D eigenvalue weighted by Gasteiger charge is 2.22. The topological polar surface area (TPSA) is 81.4 Å². The summed E-state index contributed by atoms with van der Waals surface area (Å²) in [6, 6.07) is 3.55. The summed E-state index contributed by atoms with van der Waals surface area (Å²) in [5.41, 5.74) is 0.472. The molecular weight excluding hydrogens is 271 g/mol. The van der Waals surface area contributed by atoms with E-state index in [9.17, 15) is 12.8 Å². The molecule has 3 N–H and O–H groups in total. The Balaban J connectivity index is 2.10. The van der Waals surface area contributed by atoms with E-state index in [0.717, 1.165) is 12.8 Å². The van der Waals surface area contributed by atoms with Crippen molar-refractivity contribution in [1.82, 2.24) is 4.72 Å². The first-order valence-corrected chi connectivity index (χ1v) is 7.61. The van der Waals surface area contributed by atoms with Crippen molar-refractivity contribution < 1.29 is 17.5 Å². The first-order valence-electron chi connectivity index (χ1n) is 6.07. The minimum absolute atomic E-state index is 0.407. The number of ether oxygens (including phenoxy) is 1. The quantitative estimate of drug-likeness (QED) is 0.831. The van der Waals surface area contributed by atoms with Gasteiger partial charge in [-0.05, 0) is 43.4 Å². The second kappa shape index (κ2) is 5.44. The van der Waals surface area contributed by atoms with Crippen LogP contribution in [0.25, 0.3) is 0 Å². The average molecular weight is 288 g/mol. The third-order valence-corrected chi connectivity index (χ3v) is 3.60. The van der Waals surface area contributed by atoms with Crippen LogP contribution in [0.4, 0.5) is 4.39 Å². The summed E-state index contributed by atoms with van der Waals surface area (Å²) in [6.07, 6.45) is 2.29. The van der Waals surface area contributed by atoms with Gasteiger partial charge in [0, 0.05) is 12.1 Å². The van der Waals surface area contributed by atoms with Crippen LogP contribution in [0.1, 0.15) is 31.4 Å². The van der Waals surface area contributed by atoms with Crippen molar-refractivity contribution in [3.63, 3.8) is 0 Å². The van der Waals surface area contributed by atoms with Crippen LogP contribution in [0, 0.1) is 11.7 Å². The molecular formula is C12H17FN2O3S. The SMILES string of the molecule is C[C@H](NS(N)(=O)=O)c1cc(F)cc(OCC2CC2)c1. The van der Waals surface area contributed by atoms with Crippen LogP contribution in [0.5, 0.6) is 5.75 Å². The largest absolute Gasteiger partial charge is 0.493 e. The van der Waals surface area contributed by atoms with Gasteiger partial charge in [0.2, 0.25) is 0 Å². The maximum atomic E-state index is 13.5. The second-order valence-corrected chi connectivity index (χ2v) is 6.18. The molecule has 0 bridgehead atoms. The Bertz CT molecular complexity index is 558. The lowest BCUT2D eigenvalue weighted by atomic mass is 10.1. The fraction of sp³-hybridized carbons (Fsp3) is 0.500. The van der Waals surface area contributed by atoms with Gasteiger partial charge in [0.15, 0.2) is 0 Å². The van der Waals surface area contributed by atoms with Crippen molar-refractivity contribution >= 4 is 10.2 Å². The fourth-order valence-electron chi connectivity index (χ4n) is 1.73. The Kier molecular flexibility index (Phi) is 4.07. The monoisotopic (exact) mass is 288 g/mol. The Labute approximate surface area is 112 Å². The van der Waals surface area contributed by atoms with E-state index in [1.807, 2.05) is 0 Å². The number of rotatable bonds is 6. The smallest absolute Gasteiger partial charge is 0.274 e. The summed E-state index contributed by atoms with van der Waals surface area (Å²) in [4.78, 5) is 0. The molecule has 1 aliphatic rings. The molecule has 0 saturated heterocycles. The molecule has 0 amide bonds. The van der Waals surface area contributed by atoms with Gasteiger partial charge in [0.05, 0.1) is 6.61 Å². The van der Waals surface area contributed by atoms with Gasteiger partial charge in [-0.2, -0.15) is 13.1 Å². The molecule has 0 aromatic heterocycles. The molecule has 7 heteroatoms. The van der Waals surface area contributed by atoms with Gasteiger partial charge in [0.1, 0.15) is 11.6 Å². The van der Waals surface area contributed by atoms with E-state index in [-0.39, 0.29) is 0 Å². The molecule has 106 valence electrons. The fourth-order valence-corrected chi connectivity index (χ4v) is 2.36. The lowest BCUT2D eigenvalue weighted by molar-refractivity contribution is 0.298. The van der Waals surface area contributed by atoms with Gasteiger partial charge in [-0.15, -0.1) is 0 Å². The van der Waals surface area contributed by atoms with Crippen molar-refractivity contribution in [3.05, 3.63) is 29.6 Å². The zero-order chi connectivity index (χ0) is 14.0. The van der Waals surface area contributed by atoms with Gasteiger partial charge in [0.25, 0.3) is 10.2 Å². The summed E-state index contributed by atoms with van der Waals surface area (Å²) in [5, 5.41) is 4.89. The number of nitrogens with one attached hydrogen (secondary N) is 1. The lowest BCUT2D eigenvalue weighted by Crippen LogP contribution is -2.33. The average Bonchev–Trinajstić information content (AvgIpc) is 3.07. The Morgan fingerprint density at radius 3 is 2.74 bits per heavy atom. The number of nitrogens with two attached hydrogens (primary N) is 1. The zero-order valence-corrected chi connectivity index (χ0v) is 11.4. The normalized spacial score (nSPS) is 17.2. The molecule has 1 aromatic rings. The molecule has 2 rings (SSSR count). The highest BCUT2D eigenvalue weighted by atomic mass is 32.2. The van der Waals surface area contributed by atoms with E-state index < -0.39 is 22.1 Å². The second-order valence-electron chi connectivity index (χ2n) is 4.86. The summed E-state index contributed by atoms with van der Waals surface area (Å²) < 4.78 is 43.1. The Morgan fingerprint density at radius 2 is 2.16 bits per heavy atom. The third-order valence-electron chi connectivity index (χ3n) is 2.92. The summed E-state index contributed by atoms with van der Waals surface area (Å²) in [5.74, 6) is 0.503. The van der Waals surface area contributed by atoms with Crippen molar-refractivity contribution in [2.45, 2.75) is 25.8 Å². The maximum Gasteiger partial charge on any atom is 0.274 e. The van der Waals surface area contributed by atoms with E-state index in [1.54, 1.807) is 13.0 Å². The molecule has 1 aliphatic carbocycles. The van der Waals surface area contributed by atoms with Gasteiger partial charge in [-0.3, -0.25) is 0 Å². The molecule has 1 atom stereocenters. The first kappa shape index (κ1) is 14.2. The van der Waals surface area contributed by atoms with Gasteiger partial charge < -0.3 is 4.74 Å². The van der Waals surface area contributed by atoms with Gasteiger partial charge >= 0.3 is 0 Å². The van der Waals surface area contributed by atoms with Crippen LogP contribution < -0.4 is 14.6 Å². The number of hydrogen-bond acceptors (Lipinski definition) is 3. The highest BCUT2D eigenvalue weighted by molar-refractivity contribution is 7.87. The highest BCUT2D eigenvalue weighted by Crippen LogP contribution is 2.30. The zero-order valence-electron chi connectivity index (χ0n) is 10.6. The van der Waals surface area contributed by atoms with Crippen LogP contribution in [-0.4, -0.2) is 15.0 Å². The van der Waals surface area contributed by atoms with Crippen LogP contribution in [-0.2, 0) is 10.2 Å². The van der Waals surface area contributed by atoms with Crippen molar-refractivity contribution in [3.8, 4) is 5.75 Å². The molecule has 0 unspecified atom stereocenters. The van der Waals surface area contributed by atoms with Crippen LogP contribution in [0.2, 0.25) is 0 Å². The molecule has 1 aromatic carbocycles. The number of hydrogen-bond donors (Lipinski definition) is 2. The number of benzene rings is 1. The number of halogens is 1. The lowest BCUT2D eigenvalue weighted by Gasteiger charge is -2.14. The van der Waals surface area contributed by atoms with Crippen LogP contribution in [0.15, 0.2) is 18.2 Å². The molecule has 0 aliphatic heterocycles. The van der Waals surface area contributed by atoms with E-state index in [2.05, 4.69) is 4.72 Å². The van der Waals surface area contributed by atoms with Gasteiger partial charge in [-0.25, -0.2) is 9.53 Å². The molecule has 0 spiro atoms. The van der Waals surface area contributed by atoms with Crippen molar-refractivity contribution in [1.29, 1.82) is 0 Å². The molecule has 1 saturated carbocycles. The maximum absolute atomic E-state index is 13.5. The van der Waals surface area contributed by atoms with E-state index in [4.69, 9.17) is 9.88 Å². The summed E-state index contributed by atoms with van der Waals surface area (Å²) in [7, 11) is -3.83. The predicted molar refractivity (Wildman–Crippen MR) is 69.3 cm³/mol. The van der Waals surface area contributed by atoms with Crippen molar-refractivity contribution in [2.75, 3.05) is 6.61 Å². The van der Waals surface area contributed by atoms with E-state index in [1.165, 1.54) is 12.1 Å². The minimum Gasteiger partial charge on any atom is -0.493 e. The van der Waals surface area contributed by atoms with Crippen LogP contribution >= 0.6 is 0 Å². The molecule has 1 fully saturated rings. The summed E-state index contributed by atoms with van der Waals surface area (Å²) >= 11 is 0. The standard InChI is InChI=1S/C12H17FN2O3S/c1-8(15-19(14,16)17)10-4-11(13)6-12(5-10)18-7-9-2-3-9/h4-6,8-9,15H,2-3,7H2,1H3,(H2,14,16,17)/t8-/m0/s1. The minimum atomic E-state index is -3.83. The van der Waals surface area contributed by atoms with E-state index >= 15 is 0 Å². The van der Waals surface area contributed by atoms with Crippen molar-refractivity contribution in [2.24, 2.45) is 11.1 Å². The third kappa shape index (κ3) is 4.77. The molecule has 0 heterocycles. The van der Waals surface area contributed by atoms with E-state index in [0.29, 0.717) is 23.8 Å². The predicted octanol–water partition coefficient (Wildman–Crippen LogP) is 1.47.